The summed E-state index contributed by atoms with van der Waals surface area (Å²) in [7, 11) is 0. The third kappa shape index (κ3) is 3.78. The first kappa shape index (κ1) is 18.9. The Morgan fingerprint density at radius 2 is 1.59 bits per heavy atom. The van der Waals surface area contributed by atoms with Crippen LogP contribution >= 0.6 is 0 Å². The third-order valence-corrected chi connectivity index (χ3v) is 5.33. The molecule has 0 spiro atoms. The number of benzene rings is 2. The summed E-state index contributed by atoms with van der Waals surface area (Å²) in [6, 6.07) is 17.3. The van der Waals surface area contributed by atoms with E-state index < -0.39 is 0 Å². The van der Waals surface area contributed by atoms with Crippen molar-refractivity contribution < 1.29 is 14.1 Å². The fourth-order valence-electron chi connectivity index (χ4n) is 3.65. The maximum Gasteiger partial charge on any atom is 0.259 e. The number of carbonyl (C=O) groups is 2. The van der Waals surface area contributed by atoms with Crippen LogP contribution in [0.4, 0.5) is 5.69 Å². The van der Waals surface area contributed by atoms with Crippen molar-refractivity contribution in [3.05, 3.63) is 71.5 Å². The number of piperazine rings is 1. The highest BCUT2D eigenvalue weighted by Gasteiger charge is 2.28. The van der Waals surface area contributed by atoms with Crippen LogP contribution in [0.1, 0.15) is 33.4 Å². The number of Topliss-reactive ketones (excluding diaryl/α,β-unsaturated/α-hetero) is 1. The van der Waals surface area contributed by atoms with E-state index in [0.717, 1.165) is 24.3 Å². The molecule has 1 amide bonds. The Hall–Kier alpha value is -3.41. The van der Waals surface area contributed by atoms with Crippen molar-refractivity contribution in [1.29, 1.82) is 0 Å². The molecule has 2 heterocycles. The number of hydrogen-bond donors (Lipinski definition) is 0. The first-order valence-corrected chi connectivity index (χ1v) is 9.71. The van der Waals surface area contributed by atoms with E-state index in [1.807, 2.05) is 59.5 Å². The van der Waals surface area contributed by atoms with E-state index in [2.05, 4.69) is 10.1 Å². The normalized spacial score (nSPS) is 14.1. The molecule has 0 unspecified atom stereocenters. The Morgan fingerprint density at radius 1 is 0.931 bits per heavy atom. The molecular weight excluding hydrogens is 366 g/mol. The first-order chi connectivity index (χ1) is 14.0. The van der Waals surface area contributed by atoms with E-state index in [9.17, 15) is 9.59 Å². The molecule has 1 fully saturated rings. The van der Waals surface area contributed by atoms with Gasteiger partial charge in [0.25, 0.3) is 5.91 Å². The molecule has 3 aromatic rings. The molecule has 29 heavy (non-hydrogen) atoms. The molecule has 1 saturated heterocycles. The maximum atomic E-state index is 13.2. The number of amides is 1. The molecule has 0 aliphatic carbocycles. The summed E-state index contributed by atoms with van der Waals surface area (Å²) in [5, 5.41) is 4.13. The molecule has 4 rings (SSSR count). The third-order valence-electron chi connectivity index (χ3n) is 5.33. The molecule has 6 heteroatoms. The number of anilines is 1. The molecule has 0 bridgehead atoms. The van der Waals surface area contributed by atoms with E-state index in [0.29, 0.717) is 35.7 Å². The molecule has 1 aliphatic heterocycles. The summed E-state index contributed by atoms with van der Waals surface area (Å²) in [6.07, 6.45) is 0. The fraction of sp³-hybridized carbons (Fsp3) is 0.261. The zero-order valence-corrected chi connectivity index (χ0v) is 16.6. The van der Waals surface area contributed by atoms with Gasteiger partial charge in [0.1, 0.15) is 17.0 Å². The van der Waals surface area contributed by atoms with Gasteiger partial charge >= 0.3 is 0 Å². The second-order valence-electron chi connectivity index (χ2n) is 7.21. The average Bonchev–Trinajstić information content (AvgIpc) is 3.15. The zero-order valence-electron chi connectivity index (χ0n) is 16.6. The number of rotatable bonds is 4. The highest BCUT2D eigenvalue weighted by molar-refractivity contribution is 6.01. The predicted molar refractivity (Wildman–Crippen MR) is 111 cm³/mol. The van der Waals surface area contributed by atoms with Crippen LogP contribution in [0.15, 0.2) is 59.1 Å². The Kier molecular flexibility index (Phi) is 5.16. The van der Waals surface area contributed by atoms with Crippen LogP contribution < -0.4 is 4.90 Å². The van der Waals surface area contributed by atoms with Gasteiger partial charge in [-0.2, -0.15) is 0 Å². The summed E-state index contributed by atoms with van der Waals surface area (Å²) in [5.41, 5.74) is 3.77. The number of carbonyl (C=O) groups excluding carboxylic acids is 2. The second-order valence-corrected chi connectivity index (χ2v) is 7.21. The van der Waals surface area contributed by atoms with Crippen molar-refractivity contribution in [2.24, 2.45) is 0 Å². The predicted octanol–water partition coefficient (Wildman–Crippen LogP) is 3.82. The largest absolute Gasteiger partial charge is 0.368 e. The van der Waals surface area contributed by atoms with Crippen LogP contribution in [0.5, 0.6) is 0 Å². The van der Waals surface area contributed by atoms with Gasteiger partial charge in [-0.3, -0.25) is 9.59 Å². The molecule has 0 saturated carbocycles. The van der Waals surface area contributed by atoms with Crippen LogP contribution in [0, 0.1) is 6.92 Å². The van der Waals surface area contributed by atoms with Crippen LogP contribution in [-0.4, -0.2) is 47.9 Å². The molecule has 0 atom stereocenters. The van der Waals surface area contributed by atoms with Crippen LogP contribution in [-0.2, 0) is 0 Å². The van der Waals surface area contributed by atoms with Gasteiger partial charge in [-0.15, -0.1) is 0 Å². The Balaban J connectivity index is 1.47. The molecule has 1 aromatic heterocycles. The number of ketones is 1. The van der Waals surface area contributed by atoms with Crippen molar-refractivity contribution in [3.8, 4) is 11.3 Å². The van der Waals surface area contributed by atoms with E-state index in [4.69, 9.17) is 4.52 Å². The minimum atomic E-state index is -0.0471. The van der Waals surface area contributed by atoms with Gasteiger partial charge in [-0.1, -0.05) is 35.5 Å². The summed E-state index contributed by atoms with van der Waals surface area (Å²) < 4.78 is 5.35. The highest BCUT2D eigenvalue weighted by Crippen LogP contribution is 2.27. The Morgan fingerprint density at radius 3 is 2.21 bits per heavy atom. The van der Waals surface area contributed by atoms with E-state index in [-0.39, 0.29) is 11.7 Å². The molecule has 6 nitrogen and oxygen atoms in total. The molecule has 0 radical (unpaired) electrons. The monoisotopic (exact) mass is 389 g/mol. The zero-order chi connectivity index (χ0) is 20.4. The van der Waals surface area contributed by atoms with Crippen LogP contribution in [0.2, 0.25) is 0 Å². The average molecular weight is 389 g/mol. The molecule has 0 N–H and O–H groups in total. The van der Waals surface area contributed by atoms with Crippen LogP contribution in [0.25, 0.3) is 11.3 Å². The molecule has 2 aromatic carbocycles. The van der Waals surface area contributed by atoms with E-state index in [1.165, 1.54) is 0 Å². The van der Waals surface area contributed by atoms with Gasteiger partial charge in [0.05, 0.1) is 0 Å². The lowest BCUT2D eigenvalue weighted by molar-refractivity contribution is 0.0745. The van der Waals surface area contributed by atoms with Gasteiger partial charge in [0.2, 0.25) is 0 Å². The highest BCUT2D eigenvalue weighted by atomic mass is 16.5. The summed E-state index contributed by atoms with van der Waals surface area (Å²) in [5.74, 6) is 0.551. The van der Waals surface area contributed by atoms with Gasteiger partial charge in [-0.05, 0) is 38.1 Å². The first-order valence-electron chi connectivity index (χ1n) is 9.71. The fourth-order valence-corrected chi connectivity index (χ4v) is 3.65. The SMILES string of the molecule is CC(=O)c1ccc(N2CCN(C(=O)c3c(-c4ccccc4)noc3C)CC2)cc1. The van der Waals surface area contributed by atoms with Crippen molar-refractivity contribution in [3.63, 3.8) is 0 Å². The summed E-state index contributed by atoms with van der Waals surface area (Å²) >= 11 is 0. The Labute approximate surface area is 169 Å². The lowest BCUT2D eigenvalue weighted by Crippen LogP contribution is -2.49. The van der Waals surface area contributed by atoms with Crippen LogP contribution in [0.3, 0.4) is 0 Å². The summed E-state index contributed by atoms with van der Waals surface area (Å²) in [6.45, 7) is 6.04. The van der Waals surface area contributed by atoms with Gasteiger partial charge < -0.3 is 14.3 Å². The van der Waals surface area contributed by atoms with Gasteiger partial charge in [0, 0.05) is 43.0 Å². The van der Waals surface area contributed by atoms with Crippen molar-refractivity contribution in [1.82, 2.24) is 10.1 Å². The van der Waals surface area contributed by atoms with E-state index >= 15 is 0 Å². The second kappa shape index (κ2) is 7.91. The quantitative estimate of drug-likeness (QED) is 0.635. The maximum absolute atomic E-state index is 13.2. The number of aryl methyl sites for hydroxylation is 1. The van der Waals surface area contributed by atoms with Gasteiger partial charge in [0.15, 0.2) is 5.78 Å². The molecule has 1 aliphatic rings. The lowest BCUT2D eigenvalue weighted by atomic mass is 10.0. The number of nitrogens with zero attached hydrogens (tertiary/aromatic N) is 3. The van der Waals surface area contributed by atoms with E-state index in [1.54, 1.807) is 13.8 Å². The van der Waals surface area contributed by atoms with Crippen molar-refractivity contribution >= 4 is 17.4 Å². The molecule has 148 valence electrons. The summed E-state index contributed by atoms with van der Waals surface area (Å²) in [4.78, 5) is 28.7. The van der Waals surface area contributed by atoms with Crippen molar-refractivity contribution in [2.75, 3.05) is 31.1 Å². The topological polar surface area (TPSA) is 66.7 Å². The minimum Gasteiger partial charge on any atom is -0.368 e. The number of aromatic nitrogens is 1. The van der Waals surface area contributed by atoms with Crippen molar-refractivity contribution in [2.45, 2.75) is 13.8 Å². The number of hydrogen-bond acceptors (Lipinski definition) is 5. The Bertz CT molecular complexity index is 1020. The van der Waals surface area contributed by atoms with Gasteiger partial charge in [-0.25, -0.2) is 0 Å². The standard InChI is InChI=1S/C23H23N3O3/c1-16(27)18-8-10-20(11-9-18)25-12-14-26(15-13-25)23(28)21-17(2)29-24-22(21)19-6-4-3-5-7-19/h3-11H,12-15H2,1-2H3. The lowest BCUT2D eigenvalue weighted by Gasteiger charge is -2.36. The smallest absolute Gasteiger partial charge is 0.259 e. The minimum absolute atomic E-state index is 0.0471. The molecular formula is C23H23N3O3.